The molecule has 0 aliphatic carbocycles. The van der Waals surface area contributed by atoms with E-state index in [1.165, 1.54) is 0 Å². The molecule has 1 aromatic rings. The predicted octanol–water partition coefficient (Wildman–Crippen LogP) is 2.46. The molecule has 0 aromatic heterocycles. The van der Waals surface area contributed by atoms with Crippen molar-refractivity contribution < 1.29 is 9.90 Å². The maximum absolute atomic E-state index is 10.2. The molecule has 0 radical (unpaired) electrons. The van der Waals surface area contributed by atoms with Crippen LogP contribution in [0.5, 0.6) is 0 Å². The van der Waals surface area contributed by atoms with Gasteiger partial charge < -0.3 is 10.4 Å². The Labute approximate surface area is 84.1 Å². The lowest BCUT2D eigenvalue weighted by Crippen LogP contribution is -2.11. The van der Waals surface area contributed by atoms with E-state index in [4.69, 9.17) is 5.11 Å². The second-order valence-electron chi connectivity index (χ2n) is 2.57. The van der Waals surface area contributed by atoms with Crippen LogP contribution in [0.25, 0.3) is 6.08 Å². The smallest absolute Gasteiger partial charge is 0.322 e. The van der Waals surface area contributed by atoms with Crippen molar-refractivity contribution in [2.45, 2.75) is 7.43 Å². The van der Waals surface area contributed by atoms with Gasteiger partial charge in [0.1, 0.15) is 6.54 Å². The zero-order chi connectivity index (χ0) is 9.68. The molecule has 0 aliphatic heterocycles. The van der Waals surface area contributed by atoms with Gasteiger partial charge in [-0.3, -0.25) is 4.79 Å². The summed E-state index contributed by atoms with van der Waals surface area (Å²) in [6.45, 7) is 3.56. The predicted molar refractivity (Wildman–Crippen MR) is 59.4 cm³/mol. The quantitative estimate of drug-likeness (QED) is 0.772. The summed E-state index contributed by atoms with van der Waals surface area (Å²) in [6.07, 6.45) is 1.74. The van der Waals surface area contributed by atoms with Crippen LogP contribution in [0.3, 0.4) is 0 Å². The first-order chi connectivity index (χ1) is 6.22. The van der Waals surface area contributed by atoms with Crippen LogP contribution >= 0.6 is 0 Å². The maximum atomic E-state index is 10.2. The lowest BCUT2D eigenvalue weighted by Gasteiger charge is -2.02. The second kappa shape index (κ2) is 5.80. The van der Waals surface area contributed by atoms with Crippen LogP contribution in [-0.2, 0) is 4.79 Å². The van der Waals surface area contributed by atoms with Gasteiger partial charge in [-0.2, -0.15) is 0 Å². The zero-order valence-corrected chi connectivity index (χ0v) is 7.16. The first-order valence-electron chi connectivity index (χ1n) is 3.90. The number of carboxylic acids is 1. The number of aliphatic carboxylic acids is 1. The van der Waals surface area contributed by atoms with E-state index < -0.39 is 5.97 Å². The number of nitrogens with one attached hydrogen (secondary N) is 1. The second-order valence-corrected chi connectivity index (χ2v) is 2.57. The van der Waals surface area contributed by atoms with Gasteiger partial charge >= 0.3 is 5.97 Å². The van der Waals surface area contributed by atoms with Crippen molar-refractivity contribution in [2.75, 3.05) is 11.9 Å². The largest absolute Gasteiger partial charge is 0.480 e. The summed E-state index contributed by atoms with van der Waals surface area (Å²) < 4.78 is 0. The fourth-order valence-corrected chi connectivity index (χ4v) is 0.915. The van der Waals surface area contributed by atoms with Gasteiger partial charge in [-0.25, -0.2) is 0 Å². The summed E-state index contributed by atoms with van der Waals surface area (Å²) in [5.41, 5.74) is 1.81. The molecule has 0 saturated carbocycles. The third-order valence-electron chi connectivity index (χ3n) is 1.59. The van der Waals surface area contributed by atoms with Crippen LogP contribution in [0, 0.1) is 0 Å². The number of anilines is 1. The first-order valence-corrected chi connectivity index (χ1v) is 3.90. The minimum atomic E-state index is -0.868. The molecule has 14 heavy (non-hydrogen) atoms. The molecule has 0 unspecified atom stereocenters. The van der Waals surface area contributed by atoms with E-state index in [0.717, 1.165) is 11.3 Å². The third kappa shape index (κ3) is 3.76. The Morgan fingerprint density at radius 3 is 2.43 bits per heavy atom. The number of hydrogen-bond acceptors (Lipinski definition) is 2. The number of benzene rings is 1. The van der Waals surface area contributed by atoms with Gasteiger partial charge in [0, 0.05) is 5.69 Å². The third-order valence-corrected chi connectivity index (χ3v) is 1.59. The van der Waals surface area contributed by atoms with Crippen LogP contribution in [-0.4, -0.2) is 17.6 Å². The molecule has 0 amide bonds. The summed E-state index contributed by atoms with van der Waals surface area (Å²) >= 11 is 0. The van der Waals surface area contributed by atoms with Gasteiger partial charge in [-0.15, -0.1) is 0 Å². The standard InChI is InChI=1S/C10H11NO2.CH4/c1-2-8-3-5-9(6-4-8)11-7-10(12)13;/h2-6,11H,1,7H2,(H,12,13);1H4. The van der Waals surface area contributed by atoms with Crippen molar-refractivity contribution in [3.8, 4) is 0 Å². The minimum absolute atomic E-state index is 0. The Kier molecular flexibility index (Phi) is 5.07. The Hall–Kier alpha value is -1.77. The average Bonchev–Trinajstić information content (AvgIpc) is 2.15. The Morgan fingerprint density at radius 1 is 1.43 bits per heavy atom. The molecule has 2 N–H and O–H groups in total. The van der Waals surface area contributed by atoms with Crippen LogP contribution < -0.4 is 5.32 Å². The maximum Gasteiger partial charge on any atom is 0.322 e. The summed E-state index contributed by atoms with van der Waals surface area (Å²) in [5, 5.41) is 11.2. The molecule has 1 aromatic carbocycles. The molecule has 0 saturated heterocycles. The van der Waals surface area contributed by atoms with Gasteiger partial charge in [-0.05, 0) is 17.7 Å². The summed E-state index contributed by atoms with van der Waals surface area (Å²) in [7, 11) is 0. The van der Waals surface area contributed by atoms with Gasteiger partial charge in [0.15, 0.2) is 0 Å². The minimum Gasteiger partial charge on any atom is -0.480 e. The number of carbonyl (C=O) groups is 1. The first kappa shape index (κ1) is 12.2. The van der Waals surface area contributed by atoms with Crippen LogP contribution in [0.2, 0.25) is 0 Å². The summed E-state index contributed by atoms with van der Waals surface area (Å²) in [4.78, 5) is 10.2. The van der Waals surface area contributed by atoms with Crippen molar-refractivity contribution in [3.63, 3.8) is 0 Å². The van der Waals surface area contributed by atoms with Gasteiger partial charge in [-0.1, -0.05) is 32.2 Å². The Morgan fingerprint density at radius 2 is 2.00 bits per heavy atom. The average molecular weight is 193 g/mol. The lowest BCUT2D eigenvalue weighted by molar-refractivity contribution is -0.134. The molecule has 0 spiro atoms. The fraction of sp³-hybridized carbons (Fsp3) is 0.182. The topological polar surface area (TPSA) is 49.3 Å². The van der Waals surface area contributed by atoms with E-state index >= 15 is 0 Å². The van der Waals surface area contributed by atoms with E-state index in [9.17, 15) is 4.79 Å². The van der Waals surface area contributed by atoms with E-state index in [-0.39, 0.29) is 14.0 Å². The normalized spacial score (nSPS) is 8.57. The highest BCUT2D eigenvalue weighted by atomic mass is 16.4. The lowest BCUT2D eigenvalue weighted by atomic mass is 10.2. The van der Waals surface area contributed by atoms with Crippen LogP contribution in [0.4, 0.5) is 5.69 Å². The molecule has 0 aliphatic rings. The molecular weight excluding hydrogens is 178 g/mol. The summed E-state index contributed by atoms with van der Waals surface area (Å²) in [5.74, 6) is -0.868. The number of rotatable bonds is 4. The van der Waals surface area contributed by atoms with Crippen molar-refractivity contribution in [3.05, 3.63) is 36.4 Å². The van der Waals surface area contributed by atoms with Gasteiger partial charge in [0.05, 0.1) is 0 Å². The zero-order valence-electron chi connectivity index (χ0n) is 7.16. The number of hydrogen-bond donors (Lipinski definition) is 2. The van der Waals surface area contributed by atoms with E-state index in [1.54, 1.807) is 6.08 Å². The van der Waals surface area contributed by atoms with Crippen molar-refractivity contribution >= 4 is 17.7 Å². The summed E-state index contributed by atoms with van der Waals surface area (Å²) in [6, 6.07) is 7.38. The van der Waals surface area contributed by atoms with Gasteiger partial charge in [0.2, 0.25) is 0 Å². The highest BCUT2D eigenvalue weighted by Gasteiger charge is 1.95. The van der Waals surface area contributed by atoms with Crippen molar-refractivity contribution in [1.29, 1.82) is 0 Å². The molecule has 0 bridgehead atoms. The van der Waals surface area contributed by atoms with E-state index in [2.05, 4.69) is 11.9 Å². The SMILES string of the molecule is C.C=Cc1ccc(NCC(=O)O)cc1. The van der Waals surface area contributed by atoms with Gasteiger partial charge in [0.25, 0.3) is 0 Å². The molecule has 76 valence electrons. The molecule has 3 heteroatoms. The number of carboxylic acid groups (broad SMARTS) is 1. The molecule has 3 nitrogen and oxygen atoms in total. The van der Waals surface area contributed by atoms with Crippen LogP contribution in [0.15, 0.2) is 30.8 Å². The molecule has 0 atom stereocenters. The molecule has 1 rings (SSSR count). The van der Waals surface area contributed by atoms with Crippen LogP contribution in [0.1, 0.15) is 13.0 Å². The van der Waals surface area contributed by atoms with E-state index in [0.29, 0.717) is 0 Å². The van der Waals surface area contributed by atoms with Crippen molar-refractivity contribution in [1.82, 2.24) is 0 Å². The Bertz CT molecular complexity index is 304. The molecular formula is C11H15NO2. The molecule has 0 fully saturated rings. The fourth-order valence-electron chi connectivity index (χ4n) is 0.915. The Balaban J connectivity index is 0.00000169. The monoisotopic (exact) mass is 193 g/mol. The highest BCUT2D eigenvalue weighted by molar-refractivity contribution is 5.72. The van der Waals surface area contributed by atoms with Crippen molar-refractivity contribution in [2.24, 2.45) is 0 Å². The van der Waals surface area contributed by atoms with E-state index in [1.807, 2.05) is 24.3 Å². The highest BCUT2D eigenvalue weighted by Crippen LogP contribution is 2.09. The molecule has 0 heterocycles.